The van der Waals surface area contributed by atoms with E-state index in [1.807, 2.05) is 38.1 Å². The summed E-state index contributed by atoms with van der Waals surface area (Å²) in [5.74, 6) is 0.364. The molecule has 1 aromatic rings. The third kappa shape index (κ3) is 5.56. The summed E-state index contributed by atoms with van der Waals surface area (Å²) in [6, 6.07) is 7.52. The molecule has 0 heterocycles. The third-order valence-corrected chi connectivity index (χ3v) is 2.59. The number of aryl methyl sites for hydroxylation is 1. The molecule has 104 valence electrons. The summed E-state index contributed by atoms with van der Waals surface area (Å²) in [4.78, 5) is 11.7. The number of carbonyl (C=O) groups is 1. The van der Waals surface area contributed by atoms with Crippen molar-refractivity contribution >= 4 is 23.2 Å². The van der Waals surface area contributed by atoms with Crippen LogP contribution in [0.2, 0.25) is 0 Å². The normalized spacial score (nSPS) is 11.3. The summed E-state index contributed by atoms with van der Waals surface area (Å²) < 4.78 is 5.51. The Morgan fingerprint density at radius 2 is 1.95 bits per heavy atom. The van der Waals surface area contributed by atoms with E-state index in [1.165, 1.54) is 0 Å². The molecule has 5 nitrogen and oxygen atoms in total. The average molecular weight is 281 g/mol. The fourth-order valence-electron chi connectivity index (χ4n) is 1.30. The summed E-state index contributed by atoms with van der Waals surface area (Å²) in [7, 11) is 0. The molecule has 1 aromatic carbocycles. The highest BCUT2D eigenvalue weighted by atomic mass is 32.1. The molecule has 19 heavy (non-hydrogen) atoms. The van der Waals surface area contributed by atoms with E-state index < -0.39 is 6.10 Å². The highest BCUT2D eigenvalue weighted by Crippen LogP contribution is 2.13. The van der Waals surface area contributed by atoms with Crippen LogP contribution in [0.4, 0.5) is 0 Å². The van der Waals surface area contributed by atoms with E-state index in [4.69, 9.17) is 17.0 Å². The summed E-state index contributed by atoms with van der Waals surface area (Å²) >= 11 is 4.92. The van der Waals surface area contributed by atoms with E-state index >= 15 is 0 Å². The lowest BCUT2D eigenvalue weighted by Gasteiger charge is -2.16. The molecule has 0 aliphatic carbocycles. The predicted octanol–water partition coefficient (Wildman–Crippen LogP) is 1.28. The van der Waals surface area contributed by atoms with Crippen molar-refractivity contribution in [1.82, 2.24) is 16.2 Å². The number of ether oxygens (including phenoxy) is 1. The molecule has 0 spiro atoms. The zero-order chi connectivity index (χ0) is 14.3. The van der Waals surface area contributed by atoms with Crippen LogP contribution < -0.4 is 20.9 Å². The van der Waals surface area contributed by atoms with Gasteiger partial charge in [-0.3, -0.25) is 15.6 Å². The smallest absolute Gasteiger partial charge is 0.279 e. The zero-order valence-corrected chi connectivity index (χ0v) is 12.1. The maximum absolute atomic E-state index is 11.7. The monoisotopic (exact) mass is 281 g/mol. The van der Waals surface area contributed by atoms with Crippen LogP contribution in [0.5, 0.6) is 5.75 Å². The number of benzene rings is 1. The lowest BCUT2D eigenvalue weighted by Crippen LogP contribution is -2.50. The van der Waals surface area contributed by atoms with Gasteiger partial charge in [-0.2, -0.15) is 0 Å². The molecule has 0 radical (unpaired) electrons. The number of thiocarbonyl (C=S) groups is 1. The lowest BCUT2D eigenvalue weighted by atomic mass is 10.2. The van der Waals surface area contributed by atoms with Gasteiger partial charge in [0.25, 0.3) is 5.91 Å². The summed E-state index contributed by atoms with van der Waals surface area (Å²) in [5, 5.41) is 3.23. The minimum Gasteiger partial charge on any atom is -0.481 e. The molecule has 3 N–H and O–H groups in total. The van der Waals surface area contributed by atoms with Crippen molar-refractivity contribution in [3.05, 3.63) is 29.8 Å². The average Bonchev–Trinajstić information content (AvgIpc) is 2.39. The van der Waals surface area contributed by atoms with Crippen LogP contribution in [0.3, 0.4) is 0 Å². The molecule has 0 unspecified atom stereocenters. The number of hydrogen-bond acceptors (Lipinski definition) is 3. The highest BCUT2D eigenvalue weighted by Gasteiger charge is 2.14. The van der Waals surface area contributed by atoms with Crippen LogP contribution in [0.25, 0.3) is 0 Å². The van der Waals surface area contributed by atoms with Crippen LogP contribution in [0, 0.1) is 6.92 Å². The van der Waals surface area contributed by atoms with Crippen LogP contribution in [0.15, 0.2) is 24.3 Å². The first-order valence-electron chi connectivity index (χ1n) is 6.10. The van der Waals surface area contributed by atoms with Crippen molar-refractivity contribution < 1.29 is 9.53 Å². The Balaban J connectivity index is 2.40. The molecule has 6 heteroatoms. The number of nitrogens with one attached hydrogen (secondary N) is 3. The first kappa shape index (κ1) is 15.2. The minimum absolute atomic E-state index is 0.291. The number of hydrazine groups is 1. The molecule has 0 fully saturated rings. The Morgan fingerprint density at radius 1 is 1.32 bits per heavy atom. The third-order valence-electron chi connectivity index (χ3n) is 2.34. The fraction of sp³-hybridized carbons (Fsp3) is 0.385. The molecule has 0 aliphatic heterocycles. The number of amides is 1. The standard InChI is InChI=1S/C13H19N3O2S/c1-4-14-13(19)16-15-12(17)10(3)18-11-7-5-9(2)6-8-11/h5-8,10H,4H2,1-3H3,(H,15,17)(H2,14,16,19)/t10-/m0/s1. The second-order valence-corrected chi connectivity index (χ2v) is 4.46. The molecule has 0 bridgehead atoms. The van der Waals surface area contributed by atoms with Crippen molar-refractivity contribution in [3.8, 4) is 5.75 Å². The maximum atomic E-state index is 11.7. The van der Waals surface area contributed by atoms with E-state index in [2.05, 4.69) is 16.2 Å². The Morgan fingerprint density at radius 3 is 2.53 bits per heavy atom. The van der Waals surface area contributed by atoms with E-state index in [1.54, 1.807) is 6.92 Å². The van der Waals surface area contributed by atoms with Crippen molar-refractivity contribution in [2.75, 3.05) is 6.54 Å². The van der Waals surface area contributed by atoms with Gasteiger partial charge in [0.05, 0.1) is 0 Å². The molecule has 1 rings (SSSR count). The van der Waals surface area contributed by atoms with E-state index in [-0.39, 0.29) is 5.91 Å². The van der Waals surface area contributed by atoms with Gasteiger partial charge in [-0.05, 0) is 45.1 Å². The van der Waals surface area contributed by atoms with Gasteiger partial charge in [-0.1, -0.05) is 17.7 Å². The zero-order valence-electron chi connectivity index (χ0n) is 11.3. The largest absolute Gasteiger partial charge is 0.481 e. The van der Waals surface area contributed by atoms with Gasteiger partial charge in [-0.15, -0.1) is 0 Å². The van der Waals surface area contributed by atoms with Gasteiger partial charge < -0.3 is 10.1 Å². The second-order valence-electron chi connectivity index (χ2n) is 4.05. The van der Waals surface area contributed by atoms with Gasteiger partial charge in [0.2, 0.25) is 0 Å². The number of carbonyl (C=O) groups excluding carboxylic acids is 1. The molecule has 0 saturated heterocycles. The summed E-state index contributed by atoms with van der Waals surface area (Å²) in [6.45, 7) is 6.27. The van der Waals surface area contributed by atoms with E-state index in [9.17, 15) is 4.79 Å². The molecule has 0 aliphatic rings. The highest BCUT2D eigenvalue weighted by molar-refractivity contribution is 7.80. The molecule has 0 saturated carbocycles. The van der Waals surface area contributed by atoms with Gasteiger partial charge >= 0.3 is 0 Å². The first-order valence-corrected chi connectivity index (χ1v) is 6.50. The van der Waals surface area contributed by atoms with Crippen molar-refractivity contribution in [1.29, 1.82) is 0 Å². The Bertz CT molecular complexity index is 434. The lowest BCUT2D eigenvalue weighted by molar-refractivity contribution is -0.127. The van der Waals surface area contributed by atoms with E-state index in [0.717, 1.165) is 5.56 Å². The van der Waals surface area contributed by atoms with Gasteiger partial charge in [0.1, 0.15) is 5.75 Å². The molecular formula is C13H19N3O2S. The molecular weight excluding hydrogens is 262 g/mol. The Labute approximate surface area is 118 Å². The van der Waals surface area contributed by atoms with E-state index in [0.29, 0.717) is 17.4 Å². The second kappa shape index (κ2) is 7.58. The topological polar surface area (TPSA) is 62.4 Å². The summed E-state index contributed by atoms with van der Waals surface area (Å²) in [6.07, 6.45) is -0.611. The van der Waals surface area contributed by atoms with Gasteiger partial charge in [0.15, 0.2) is 11.2 Å². The Hall–Kier alpha value is -1.82. The van der Waals surface area contributed by atoms with Crippen LogP contribution in [-0.2, 0) is 4.79 Å². The van der Waals surface area contributed by atoms with Crippen molar-refractivity contribution in [3.63, 3.8) is 0 Å². The Kier molecular flexibility index (Phi) is 6.08. The molecule has 0 aromatic heterocycles. The van der Waals surface area contributed by atoms with Crippen LogP contribution in [0.1, 0.15) is 19.4 Å². The first-order chi connectivity index (χ1) is 9.02. The predicted molar refractivity (Wildman–Crippen MR) is 78.8 cm³/mol. The minimum atomic E-state index is -0.611. The fourth-order valence-corrected chi connectivity index (χ4v) is 1.49. The molecule has 1 amide bonds. The van der Waals surface area contributed by atoms with Crippen molar-refractivity contribution in [2.45, 2.75) is 26.9 Å². The molecule has 1 atom stereocenters. The van der Waals surface area contributed by atoms with Crippen LogP contribution in [-0.4, -0.2) is 23.7 Å². The number of rotatable bonds is 4. The quantitative estimate of drug-likeness (QED) is 0.573. The van der Waals surface area contributed by atoms with Crippen molar-refractivity contribution in [2.24, 2.45) is 0 Å². The van der Waals surface area contributed by atoms with Crippen LogP contribution >= 0.6 is 12.2 Å². The SMILES string of the molecule is CCNC(=S)NNC(=O)[C@H](C)Oc1ccc(C)cc1. The summed E-state index contributed by atoms with van der Waals surface area (Å²) in [5.41, 5.74) is 6.22. The maximum Gasteiger partial charge on any atom is 0.279 e. The number of hydrogen-bond donors (Lipinski definition) is 3. The van der Waals surface area contributed by atoms with Gasteiger partial charge in [-0.25, -0.2) is 0 Å². The van der Waals surface area contributed by atoms with Gasteiger partial charge in [0, 0.05) is 6.54 Å².